The second-order valence-corrected chi connectivity index (χ2v) is 16.5. The first-order chi connectivity index (χ1) is 21.3. The topological polar surface area (TPSA) is 256 Å². The van der Waals surface area contributed by atoms with E-state index in [4.69, 9.17) is 50.8 Å². The zero-order valence-electron chi connectivity index (χ0n) is 23.5. The van der Waals surface area contributed by atoms with Crippen LogP contribution in [0.2, 0.25) is 0 Å². The number of H-pyrrole nitrogens is 1. The van der Waals surface area contributed by atoms with Crippen molar-refractivity contribution in [2.45, 2.75) is 50.2 Å². The molecular weight excluding hydrogens is 676 g/mol. The van der Waals surface area contributed by atoms with Crippen LogP contribution in [0.4, 0.5) is 11.8 Å². The highest BCUT2D eigenvalue weighted by Gasteiger charge is 2.49. The molecule has 0 saturated carbocycles. The number of hydrogen-bond acceptors (Lipinski definition) is 17. The van der Waals surface area contributed by atoms with Gasteiger partial charge in [-0.15, -0.1) is 0 Å². The summed E-state index contributed by atoms with van der Waals surface area (Å²) in [5.41, 5.74) is 11.8. The molecule has 242 valence electrons. The third-order valence-corrected chi connectivity index (χ3v) is 11.5. The number of thiazole rings is 1. The number of fused-ring (bicyclic) bond motifs is 5. The number of nitrogen functional groups attached to an aromatic ring is 2. The van der Waals surface area contributed by atoms with E-state index in [1.165, 1.54) is 19.3 Å². The number of imidazole rings is 1. The fourth-order valence-electron chi connectivity index (χ4n) is 5.71. The first-order valence-electron chi connectivity index (χ1n) is 13.5. The summed E-state index contributed by atoms with van der Waals surface area (Å²) in [4.78, 5) is 55.1. The van der Waals surface area contributed by atoms with Gasteiger partial charge >= 0.3 is 19.2 Å². The van der Waals surface area contributed by atoms with Crippen molar-refractivity contribution >= 4 is 70.7 Å². The molecule has 3 aliphatic heterocycles. The predicted octanol–water partition coefficient (Wildman–Crippen LogP) is 0.829. The summed E-state index contributed by atoms with van der Waals surface area (Å²) < 4.78 is 52.3. The molecule has 3 aliphatic rings. The Balaban J connectivity index is 1.20. The molecule has 23 heteroatoms. The molecule has 4 aromatic rings. The van der Waals surface area contributed by atoms with Crippen LogP contribution in [0.5, 0.6) is 0 Å². The lowest BCUT2D eigenvalue weighted by Crippen LogP contribution is -2.32. The van der Waals surface area contributed by atoms with Crippen LogP contribution in [0, 0.1) is 5.92 Å². The zero-order chi connectivity index (χ0) is 31.8. The molecule has 45 heavy (non-hydrogen) atoms. The lowest BCUT2D eigenvalue weighted by atomic mass is 10.0. The molecule has 0 aromatic carbocycles. The van der Waals surface area contributed by atoms with Crippen molar-refractivity contribution < 1.29 is 37.0 Å². The molecule has 0 radical (unpaired) electrons. The van der Waals surface area contributed by atoms with Gasteiger partial charge in [0.25, 0.3) is 5.56 Å². The van der Waals surface area contributed by atoms with Gasteiger partial charge in [0.15, 0.2) is 23.3 Å². The van der Waals surface area contributed by atoms with Gasteiger partial charge in [-0.3, -0.25) is 28.3 Å². The average Bonchev–Trinajstić information content (AvgIpc) is 3.71. The summed E-state index contributed by atoms with van der Waals surface area (Å²) in [6.45, 7) is -1.45. The predicted molar refractivity (Wildman–Crippen MR) is 162 cm³/mol. The van der Waals surface area contributed by atoms with Gasteiger partial charge in [0.1, 0.15) is 41.1 Å². The van der Waals surface area contributed by atoms with Gasteiger partial charge in [0, 0.05) is 19.0 Å². The van der Waals surface area contributed by atoms with Crippen LogP contribution >= 0.6 is 25.7 Å². The molecule has 2 bridgehead atoms. The highest BCUT2D eigenvalue weighted by atomic mass is 32.5. The summed E-state index contributed by atoms with van der Waals surface area (Å²) in [5.74, 6) is -0.477. The number of aromatic nitrogens is 7. The number of aromatic amines is 1. The van der Waals surface area contributed by atoms with Crippen LogP contribution < -0.4 is 21.9 Å². The third kappa shape index (κ3) is 5.65. The van der Waals surface area contributed by atoms with Gasteiger partial charge in [-0.1, -0.05) is 18.3 Å². The summed E-state index contributed by atoms with van der Waals surface area (Å²) in [6.07, 6.45) is -2.69. The number of nitrogens with zero attached hydrogens (tertiary/aromatic N) is 6. The fraction of sp³-hybridized carbons (Fsp3) is 0.545. The second kappa shape index (κ2) is 11.2. The molecular formula is C22H27N9O10P2S2. The van der Waals surface area contributed by atoms with E-state index in [0.717, 1.165) is 4.57 Å². The fourth-order valence-corrected chi connectivity index (χ4v) is 9.26. The second-order valence-electron chi connectivity index (χ2n) is 10.8. The van der Waals surface area contributed by atoms with Gasteiger partial charge in [0.2, 0.25) is 5.95 Å². The van der Waals surface area contributed by atoms with Crippen molar-refractivity contribution in [2.75, 3.05) is 31.3 Å². The Morgan fingerprint density at radius 2 is 1.89 bits per heavy atom. The van der Waals surface area contributed by atoms with E-state index < -0.39 is 67.5 Å². The molecule has 3 fully saturated rings. The SMILES string of the molecule is C[C@@H]1C2OP(C)(=O)OCC3C[C@@H](OP(O)(=S)OCC2O[C@H]1n1cnc2c(N)ncnc21)[C@H](n1c(=O)sc2c(=O)[nH]c(N)nc21)O3. The Labute approximate surface area is 261 Å². The Morgan fingerprint density at radius 3 is 2.69 bits per heavy atom. The van der Waals surface area contributed by atoms with Crippen molar-refractivity contribution in [1.82, 2.24) is 34.1 Å². The summed E-state index contributed by atoms with van der Waals surface area (Å²) in [7, 11) is -3.77. The summed E-state index contributed by atoms with van der Waals surface area (Å²) in [5, 5.41) is 0. The number of anilines is 2. The number of rotatable bonds is 2. The zero-order valence-corrected chi connectivity index (χ0v) is 26.9. The summed E-state index contributed by atoms with van der Waals surface area (Å²) in [6, 6.07) is 0. The molecule has 3 saturated heterocycles. The molecule has 4 aromatic heterocycles. The average molecular weight is 704 g/mol. The summed E-state index contributed by atoms with van der Waals surface area (Å²) >= 11 is 6.00. The van der Waals surface area contributed by atoms with Gasteiger partial charge in [-0.2, -0.15) is 4.98 Å². The first kappa shape index (κ1) is 30.9. The van der Waals surface area contributed by atoms with Crippen molar-refractivity contribution in [3.05, 3.63) is 32.7 Å². The van der Waals surface area contributed by atoms with Crippen LogP contribution in [-0.2, 0) is 43.9 Å². The number of hydrogen-bond donors (Lipinski definition) is 4. The Bertz CT molecular complexity index is 2020. The molecule has 0 spiro atoms. The number of nitrogens with one attached hydrogen (secondary N) is 1. The quantitative estimate of drug-likeness (QED) is 0.211. The van der Waals surface area contributed by atoms with Gasteiger partial charge < -0.3 is 43.9 Å². The van der Waals surface area contributed by atoms with E-state index in [1.807, 2.05) is 6.92 Å². The Hall–Kier alpha value is -2.68. The molecule has 19 nitrogen and oxygen atoms in total. The van der Waals surface area contributed by atoms with Gasteiger partial charge in [0.05, 0.1) is 25.6 Å². The molecule has 9 atom stereocenters. The van der Waals surface area contributed by atoms with E-state index >= 15 is 0 Å². The molecule has 7 rings (SSSR count). The minimum Gasteiger partial charge on any atom is -0.382 e. The van der Waals surface area contributed by atoms with Crippen molar-refractivity contribution in [2.24, 2.45) is 5.92 Å². The minimum atomic E-state index is -4.03. The van der Waals surface area contributed by atoms with Crippen molar-refractivity contribution in [1.29, 1.82) is 0 Å². The van der Waals surface area contributed by atoms with Crippen LogP contribution in [0.3, 0.4) is 0 Å². The third-order valence-electron chi connectivity index (χ3n) is 7.68. The maximum absolute atomic E-state index is 13.6. The normalized spacial score (nSPS) is 36.0. The maximum Gasteiger partial charge on any atom is 0.328 e. The number of ether oxygens (including phenoxy) is 2. The molecule has 0 amide bonds. The largest absolute Gasteiger partial charge is 0.382 e. The molecule has 7 heterocycles. The van der Waals surface area contributed by atoms with Gasteiger partial charge in [-0.05, 0) is 11.8 Å². The highest BCUT2D eigenvalue weighted by molar-refractivity contribution is 8.07. The smallest absolute Gasteiger partial charge is 0.328 e. The van der Waals surface area contributed by atoms with E-state index in [-0.39, 0.29) is 41.7 Å². The first-order valence-corrected chi connectivity index (χ1v) is 18.9. The lowest BCUT2D eigenvalue weighted by molar-refractivity contribution is -0.0593. The standard InChI is InChI=1S/C22H27N9O10P2S2/c1-8-13-11(39-19(8)30-7-27-12-15(23)25-6-26-16(12)30)5-37-43(35,44)40-10-3-9(4-36-42(2,34)41-13)38-20(10)31-17-14(45-22(31)33)18(32)29-21(24)28-17/h6-11,13,19-20H,3-5H2,1-2H3,(H,35,44)(H2,23,25,26)(H3,24,28,29,32)/t8-,9?,10-,11?,13?,19-,20-,42?,43?/m1/s1. The van der Waals surface area contributed by atoms with E-state index in [1.54, 1.807) is 4.57 Å². The van der Waals surface area contributed by atoms with E-state index in [2.05, 4.69) is 24.9 Å². The van der Waals surface area contributed by atoms with Crippen molar-refractivity contribution in [3.63, 3.8) is 0 Å². The minimum absolute atomic E-state index is 0.0183. The van der Waals surface area contributed by atoms with E-state index in [0.29, 0.717) is 22.5 Å². The highest BCUT2D eigenvalue weighted by Crippen LogP contribution is 2.54. The monoisotopic (exact) mass is 703 g/mol. The lowest BCUT2D eigenvalue weighted by Gasteiger charge is -2.28. The molecule has 6 N–H and O–H groups in total. The van der Waals surface area contributed by atoms with Crippen LogP contribution in [0.25, 0.3) is 21.5 Å². The molecule has 5 unspecified atom stereocenters. The maximum atomic E-state index is 13.6. The van der Waals surface area contributed by atoms with Crippen molar-refractivity contribution in [3.8, 4) is 0 Å². The van der Waals surface area contributed by atoms with Crippen LogP contribution in [-0.4, -0.2) is 83.2 Å². The number of nitrogens with two attached hydrogens (primary N) is 2. The van der Waals surface area contributed by atoms with Crippen LogP contribution in [0.1, 0.15) is 25.8 Å². The van der Waals surface area contributed by atoms with Gasteiger partial charge in [-0.25, -0.2) is 15.0 Å². The van der Waals surface area contributed by atoms with E-state index in [9.17, 15) is 19.0 Å². The molecule has 0 aliphatic carbocycles. The Kier molecular flexibility index (Phi) is 7.73. The Morgan fingerprint density at radius 1 is 1.09 bits per heavy atom. The van der Waals surface area contributed by atoms with Crippen LogP contribution in [0.15, 0.2) is 22.2 Å².